The Balaban J connectivity index is 1.78. The van der Waals surface area contributed by atoms with Crippen molar-refractivity contribution in [3.8, 4) is 0 Å². The molecule has 1 unspecified atom stereocenters. The van der Waals surface area contributed by atoms with Gasteiger partial charge in [-0.2, -0.15) is 0 Å². The summed E-state index contributed by atoms with van der Waals surface area (Å²) in [6.07, 6.45) is 7.95. The number of benzene rings is 4. The summed E-state index contributed by atoms with van der Waals surface area (Å²) in [5, 5.41) is 5.20. The summed E-state index contributed by atoms with van der Waals surface area (Å²) in [6.45, 7) is 4.32. The van der Waals surface area contributed by atoms with Gasteiger partial charge in [0.15, 0.2) is 0 Å². The molecule has 0 aliphatic heterocycles. The zero-order chi connectivity index (χ0) is 19.8. The Morgan fingerprint density at radius 3 is 2.17 bits per heavy atom. The lowest BCUT2D eigenvalue weighted by Gasteiger charge is -2.34. The van der Waals surface area contributed by atoms with Crippen LogP contribution in [0.3, 0.4) is 0 Å². The summed E-state index contributed by atoms with van der Waals surface area (Å²) in [5.74, 6) is 0. The molecular formula is C28H25N. The minimum absolute atomic E-state index is 0.297. The first-order valence-corrected chi connectivity index (χ1v) is 10.3. The lowest BCUT2D eigenvalue weighted by atomic mass is 9.96. The molecule has 1 heteroatoms. The smallest absolute Gasteiger partial charge is 0.0560 e. The third-order valence-corrected chi connectivity index (χ3v) is 5.91. The zero-order valence-electron chi connectivity index (χ0n) is 17.0. The number of rotatable bonds is 3. The highest BCUT2D eigenvalue weighted by Gasteiger charge is 2.22. The number of hydrogen-bond acceptors (Lipinski definition) is 1. The first-order chi connectivity index (χ1) is 14.2. The van der Waals surface area contributed by atoms with E-state index < -0.39 is 0 Å². The van der Waals surface area contributed by atoms with E-state index >= 15 is 0 Å². The number of allylic oxidation sites excluding steroid dienone is 2. The molecule has 0 saturated heterocycles. The van der Waals surface area contributed by atoms with E-state index in [1.807, 2.05) is 0 Å². The van der Waals surface area contributed by atoms with E-state index in [9.17, 15) is 0 Å². The van der Waals surface area contributed by atoms with Crippen molar-refractivity contribution in [1.82, 2.24) is 0 Å². The number of fused-ring (bicyclic) bond motifs is 3. The Bertz CT molecular complexity index is 1240. The fraction of sp³-hybridized carbons (Fsp3) is 0.143. The van der Waals surface area contributed by atoms with E-state index in [1.165, 1.54) is 44.1 Å². The predicted molar refractivity (Wildman–Crippen MR) is 126 cm³/mol. The van der Waals surface area contributed by atoms with E-state index in [4.69, 9.17) is 0 Å². The van der Waals surface area contributed by atoms with Crippen molar-refractivity contribution in [3.05, 3.63) is 108 Å². The third kappa shape index (κ3) is 3.23. The molecule has 1 atom stereocenters. The van der Waals surface area contributed by atoms with E-state index in [1.54, 1.807) is 0 Å². The van der Waals surface area contributed by atoms with Crippen LogP contribution in [0, 0.1) is 6.92 Å². The lowest BCUT2D eigenvalue weighted by molar-refractivity contribution is 0.782. The monoisotopic (exact) mass is 375 g/mol. The van der Waals surface area contributed by atoms with Crippen molar-refractivity contribution in [2.45, 2.75) is 26.3 Å². The molecule has 0 amide bonds. The Kier molecular flexibility index (Phi) is 4.44. The number of nitrogens with zero attached hydrogens (tertiary/aromatic N) is 1. The Morgan fingerprint density at radius 1 is 0.759 bits per heavy atom. The first kappa shape index (κ1) is 17.8. The Labute approximate surface area is 172 Å². The molecule has 0 fully saturated rings. The number of aryl methyl sites for hydroxylation is 1. The van der Waals surface area contributed by atoms with Gasteiger partial charge < -0.3 is 4.90 Å². The van der Waals surface area contributed by atoms with E-state index in [0.717, 1.165) is 6.42 Å². The molecule has 1 nitrogen and oxygen atoms in total. The highest BCUT2D eigenvalue weighted by Crippen LogP contribution is 2.40. The van der Waals surface area contributed by atoms with Gasteiger partial charge in [-0.3, -0.25) is 0 Å². The van der Waals surface area contributed by atoms with Crippen molar-refractivity contribution in [2.24, 2.45) is 0 Å². The second kappa shape index (κ2) is 7.25. The molecule has 1 aliphatic rings. The van der Waals surface area contributed by atoms with Crippen LogP contribution in [0.4, 0.5) is 11.4 Å². The van der Waals surface area contributed by atoms with Gasteiger partial charge in [-0.15, -0.1) is 0 Å². The van der Waals surface area contributed by atoms with Gasteiger partial charge in [-0.1, -0.05) is 90.0 Å². The predicted octanol–water partition coefficient (Wildman–Crippen LogP) is 7.71. The molecule has 0 radical (unpaired) electrons. The van der Waals surface area contributed by atoms with Crippen molar-refractivity contribution in [1.29, 1.82) is 0 Å². The normalized spacial score (nSPS) is 16.2. The zero-order valence-corrected chi connectivity index (χ0v) is 17.0. The first-order valence-electron chi connectivity index (χ1n) is 10.3. The maximum Gasteiger partial charge on any atom is 0.0560 e. The summed E-state index contributed by atoms with van der Waals surface area (Å²) >= 11 is 0. The molecule has 5 rings (SSSR count). The molecule has 4 aromatic carbocycles. The highest BCUT2D eigenvalue weighted by molar-refractivity contribution is 6.13. The van der Waals surface area contributed by atoms with Crippen LogP contribution in [0.5, 0.6) is 0 Å². The highest BCUT2D eigenvalue weighted by atomic mass is 15.2. The van der Waals surface area contributed by atoms with E-state index in [0.29, 0.717) is 6.04 Å². The summed E-state index contributed by atoms with van der Waals surface area (Å²) in [4.78, 5) is 2.51. The van der Waals surface area contributed by atoms with Crippen LogP contribution >= 0.6 is 0 Å². The fourth-order valence-corrected chi connectivity index (χ4v) is 4.36. The standard InChI is InChI=1S/C28H25N/c1-20-11-15-23(16-12-20)29(24-17-13-21(2)14-18-24)28-19-22-7-3-4-8-25(22)26-9-5-6-10-27(26)28/h3-17,19,24H,18H2,1-2H3. The second-order valence-corrected chi connectivity index (χ2v) is 7.98. The van der Waals surface area contributed by atoms with Gasteiger partial charge in [0, 0.05) is 11.1 Å². The van der Waals surface area contributed by atoms with Crippen LogP contribution in [0.1, 0.15) is 18.9 Å². The summed E-state index contributed by atoms with van der Waals surface area (Å²) in [6, 6.07) is 29.1. The van der Waals surface area contributed by atoms with E-state index in [2.05, 4.69) is 116 Å². The van der Waals surface area contributed by atoms with Crippen LogP contribution in [0.2, 0.25) is 0 Å². The topological polar surface area (TPSA) is 3.24 Å². The maximum atomic E-state index is 2.51. The molecule has 0 saturated carbocycles. The molecule has 0 N–H and O–H groups in total. The molecule has 29 heavy (non-hydrogen) atoms. The number of anilines is 2. The lowest BCUT2D eigenvalue weighted by Crippen LogP contribution is -2.30. The minimum atomic E-state index is 0.297. The van der Waals surface area contributed by atoms with Gasteiger partial charge in [0.2, 0.25) is 0 Å². The molecule has 0 heterocycles. The van der Waals surface area contributed by atoms with Crippen LogP contribution in [0.25, 0.3) is 21.5 Å². The van der Waals surface area contributed by atoms with Gasteiger partial charge in [-0.25, -0.2) is 0 Å². The van der Waals surface area contributed by atoms with Gasteiger partial charge in [0.1, 0.15) is 0 Å². The van der Waals surface area contributed by atoms with Crippen LogP contribution in [-0.2, 0) is 0 Å². The van der Waals surface area contributed by atoms with Gasteiger partial charge in [-0.05, 0) is 54.6 Å². The average Bonchev–Trinajstić information content (AvgIpc) is 2.76. The van der Waals surface area contributed by atoms with Crippen molar-refractivity contribution in [3.63, 3.8) is 0 Å². The molecular weight excluding hydrogens is 350 g/mol. The third-order valence-electron chi connectivity index (χ3n) is 5.91. The molecule has 1 aliphatic carbocycles. The molecule has 142 valence electrons. The summed E-state index contributed by atoms with van der Waals surface area (Å²) in [7, 11) is 0. The fourth-order valence-electron chi connectivity index (χ4n) is 4.36. The van der Waals surface area contributed by atoms with E-state index in [-0.39, 0.29) is 0 Å². The molecule has 0 bridgehead atoms. The van der Waals surface area contributed by atoms with Crippen LogP contribution in [-0.4, -0.2) is 6.04 Å². The Hall–Kier alpha value is -3.32. The second-order valence-electron chi connectivity index (χ2n) is 7.98. The van der Waals surface area contributed by atoms with Crippen LogP contribution < -0.4 is 4.90 Å². The van der Waals surface area contributed by atoms with Gasteiger partial charge in [0.25, 0.3) is 0 Å². The average molecular weight is 376 g/mol. The molecule has 0 spiro atoms. The van der Waals surface area contributed by atoms with Crippen LogP contribution in [0.15, 0.2) is 103 Å². The summed E-state index contributed by atoms with van der Waals surface area (Å²) in [5.41, 5.74) is 5.13. The summed E-state index contributed by atoms with van der Waals surface area (Å²) < 4.78 is 0. The maximum absolute atomic E-state index is 2.51. The van der Waals surface area contributed by atoms with Crippen molar-refractivity contribution < 1.29 is 0 Å². The molecule has 0 aromatic heterocycles. The quantitative estimate of drug-likeness (QED) is 0.331. The van der Waals surface area contributed by atoms with Gasteiger partial charge in [0.05, 0.1) is 11.7 Å². The Morgan fingerprint density at radius 2 is 1.45 bits per heavy atom. The van der Waals surface area contributed by atoms with Crippen molar-refractivity contribution in [2.75, 3.05) is 4.90 Å². The van der Waals surface area contributed by atoms with Crippen molar-refractivity contribution >= 4 is 32.9 Å². The molecule has 4 aromatic rings. The van der Waals surface area contributed by atoms with Gasteiger partial charge >= 0.3 is 0 Å². The largest absolute Gasteiger partial charge is 0.334 e. The minimum Gasteiger partial charge on any atom is -0.334 e. The SMILES string of the molecule is CC1=CCC(N(c2ccc(C)cc2)c2cc3ccccc3c3ccccc23)C=C1. The number of hydrogen-bond donors (Lipinski definition) is 0.